The zero-order valence-corrected chi connectivity index (χ0v) is 13.2. The molecule has 21 heavy (non-hydrogen) atoms. The van der Waals surface area contributed by atoms with E-state index in [1.807, 2.05) is 18.2 Å². The molecule has 1 aliphatic carbocycles. The van der Waals surface area contributed by atoms with Crippen molar-refractivity contribution in [1.29, 1.82) is 0 Å². The maximum atomic E-state index is 11.8. The molecule has 0 atom stereocenters. The van der Waals surface area contributed by atoms with Crippen LogP contribution in [-0.2, 0) is 9.53 Å². The zero-order chi connectivity index (χ0) is 14.8. The number of benzene rings is 1. The van der Waals surface area contributed by atoms with Crippen molar-refractivity contribution in [3.8, 4) is 0 Å². The third-order valence-corrected chi connectivity index (χ3v) is 4.79. The fourth-order valence-corrected chi connectivity index (χ4v) is 3.08. The smallest absolute Gasteiger partial charge is 0.250 e. The summed E-state index contributed by atoms with van der Waals surface area (Å²) in [4.78, 5) is 16.4. The van der Waals surface area contributed by atoms with Gasteiger partial charge in [-0.3, -0.25) is 4.79 Å². The zero-order valence-electron chi connectivity index (χ0n) is 12.4. The molecule has 1 fully saturated rings. The monoisotopic (exact) mass is 304 g/mol. The van der Waals surface area contributed by atoms with Crippen molar-refractivity contribution in [3.05, 3.63) is 23.2 Å². The van der Waals surface area contributed by atoms with Crippen LogP contribution >= 0.6 is 11.3 Å². The Bertz CT molecular complexity index is 647. The number of carbonyl (C=O) groups excluding carboxylic acids is 1. The number of rotatable bonds is 6. The normalized spacial score (nSPS) is 14.8. The molecule has 1 heterocycles. The molecule has 112 valence electrons. The average molecular weight is 304 g/mol. The Morgan fingerprint density at radius 2 is 2.29 bits per heavy atom. The summed E-state index contributed by atoms with van der Waals surface area (Å²) >= 11 is 1.68. The van der Waals surface area contributed by atoms with Gasteiger partial charge < -0.3 is 10.1 Å². The number of carbonyl (C=O) groups is 1. The first kappa shape index (κ1) is 14.5. The molecule has 1 aromatic heterocycles. The maximum Gasteiger partial charge on any atom is 0.250 e. The minimum absolute atomic E-state index is 0.0939. The standard InChI is InChI=1S/C16H20N2O2S/c1-10(2)16-18-13-6-5-12(7-14(13)21-16)17-15(19)9-20-8-11-3-4-11/h5-7,10-11H,3-4,8-9H2,1-2H3,(H,17,19). The van der Waals surface area contributed by atoms with Crippen LogP contribution in [0, 0.1) is 5.92 Å². The van der Waals surface area contributed by atoms with E-state index in [0.29, 0.717) is 18.4 Å². The number of amides is 1. The van der Waals surface area contributed by atoms with Gasteiger partial charge in [0, 0.05) is 11.6 Å². The number of hydrogen-bond donors (Lipinski definition) is 1. The highest BCUT2D eigenvalue weighted by atomic mass is 32.1. The number of thiazole rings is 1. The highest BCUT2D eigenvalue weighted by Crippen LogP contribution is 2.30. The first-order valence-corrected chi connectivity index (χ1v) is 8.21. The fourth-order valence-electron chi connectivity index (χ4n) is 2.07. The molecule has 0 unspecified atom stereocenters. The molecule has 0 saturated heterocycles. The Hall–Kier alpha value is -1.46. The van der Waals surface area contributed by atoms with Gasteiger partial charge in [-0.15, -0.1) is 11.3 Å². The van der Waals surface area contributed by atoms with Crippen LogP contribution in [0.25, 0.3) is 10.2 Å². The molecule has 0 aliphatic heterocycles. The van der Waals surface area contributed by atoms with Crippen LogP contribution in [-0.4, -0.2) is 24.1 Å². The lowest BCUT2D eigenvalue weighted by Crippen LogP contribution is -2.18. The Kier molecular flexibility index (Phi) is 4.22. The molecule has 1 N–H and O–H groups in total. The van der Waals surface area contributed by atoms with Crippen LogP contribution < -0.4 is 5.32 Å². The van der Waals surface area contributed by atoms with E-state index in [9.17, 15) is 4.79 Å². The van der Waals surface area contributed by atoms with E-state index in [-0.39, 0.29) is 12.5 Å². The predicted molar refractivity (Wildman–Crippen MR) is 85.9 cm³/mol. The van der Waals surface area contributed by atoms with Crippen LogP contribution in [0.2, 0.25) is 0 Å². The number of anilines is 1. The van der Waals surface area contributed by atoms with E-state index in [2.05, 4.69) is 24.1 Å². The molecule has 0 bridgehead atoms. The summed E-state index contributed by atoms with van der Waals surface area (Å²) in [5.41, 5.74) is 1.80. The summed E-state index contributed by atoms with van der Waals surface area (Å²) < 4.78 is 6.50. The molecule has 1 saturated carbocycles. The summed E-state index contributed by atoms with van der Waals surface area (Å²) in [5.74, 6) is 1.01. The Balaban J connectivity index is 1.61. The molecule has 0 radical (unpaired) electrons. The Morgan fingerprint density at radius 3 is 3.00 bits per heavy atom. The highest BCUT2D eigenvalue weighted by molar-refractivity contribution is 7.18. The number of nitrogens with zero attached hydrogens (tertiary/aromatic N) is 1. The quantitative estimate of drug-likeness (QED) is 0.883. The Morgan fingerprint density at radius 1 is 1.48 bits per heavy atom. The summed E-state index contributed by atoms with van der Waals surface area (Å²) in [6, 6.07) is 5.83. The number of aromatic nitrogens is 1. The van der Waals surface area contributed by atoms with Crippen molar-refractivity contribution in [3.63, 3.8) is 0 Å². The van der Waals surface area contributed by atoms with Crippen LogP contribution in [0.3, 0.4) is 0 Å². The molecule has 1 aromatic carbocycles. The van der Waals surface area contributed by atoms with Gasteiger partial charge in [-0.1, -0.05) is 13.8 Å². The van der Waals surface area contributed by atoms with Gasteiger partial charge in [-0.2, -0.15) is 0 Å². The number of fused-ring (bicyclic) bond motifs is 1. The molecular formula is C16H20N2O2S. The minimum atomic E-state index is -0.0939. The first-order chi connectivity index (χ1) is 10.1. The van der Waals surface area contributed by atoms with Gasteiger partial charge in [-0.05, 0) is 37.0 Å². The van der Waals surface area contributed by atoms with Crippen molar-refractivity contribution in [2.75, 3.05) is 18.5 Å². The maximum absolute atomic E-state index is 11.8. The Labute approximate surface area is 128 Å². The molecule has 0 spiro atoms. The largest absolute Gasteiger partial charge is 0.371 e. The summed E-state index contributed by atoms with van der Waals surface area (Å²) in [6.07, 6.45) is 2.48. The van der Waals surface area contributed by atoms with E-state index in [1.165, 1.54) is 12.8 Å². The molecule has 2 aromatic rings. The van der Waals surface area contributed by atoms with Gasteiger partial charge >= 0.3 is 0 Å². The summed E-state index contributed by atoms with van der Waals surface area (Å²) in [5, 5.41) is 4.01. The van der Waals surface area contributed by atoms with E-state index < -0.39 is 0 Å². The highest BCUT2D eigenvalue weighted by Gasteiger charge is 2.21. The van der Waals surface area contributed by atoms with Gasteiger partial charge in [0.2, 0.25) is 5.91 Å². The average Bonchev–Trinajstić information content (AvgIpc) is 3.15. The predicted octanol–water partition coefficient (Wildman–Crippen LogP) is 3.78. The number of hydrogen-bond acceptors (Lipinski definition) is 4. The van der Waals surface area contributed by atoms with Crippen LogP contribution in [0.5, 0.6) is 0 Å². The van der Waals surface area contributed by atoms with E-state index >= 15 is 0 Å². The first-order valence-electron chi connectivity index (χ1n) is 7.40. The van der Waals surface area contributed by atoms with Crippen molar-refractivity contribution < 1.29 is 9.53 Å². The SMILES string of the molecule is CC(C)c1nc2ccc(NC(=O)COCC3CC3)cc2s1. The van der Waals surface area contributed by atoms with Crippen LogP contribution in [0.1, 0.15) is 37.6 Å². The lowest BCUT2D eigenvalue weighted by atomic mass is 10.2. The van der Waals surface area contributed by atoms with Crippen molar-refractivity contribution >= 4 is 33.1 Å². The van der Waals surface area contributed by atoms with Gasteiger partial charge in [0.1, 0.15) is 6.61 Å². The van der Waals surface area contributed by atoms with Gasteiger partial charge in [0.15, 0.2) is 0 Å². The number of ether oxygens (including phenoxy) is 1. The van der Waals surface area contributed by atoms with Gasteiger partial charge in [0.25, 0.3) is 0 Å². The third-order valence-electron chi connectivity index (χ3n) is 3.47. The van der Waals surface area contributed by atoms with E-state index in [1.54, 1.807) is 11.3 Å². The number of nitrogens with one attached hydrogen (secondary N) is 1. The topological polar surface area (TPSA) is 51.2 Å². The van der Waals surface area contributed by atoms with Crippen LogP contribution in [0.15, 0.2) is 18.2 Å². The summed E-state index contributed by atoms with van der Waals surface area (Å²) in [6.45, 7) is 5.11. The summed E-state index contributed by atoms with van der Waals surface area (Å²) in [7, 11) is 0. The van der Waals surface area contributed by atoms with Crippen molar-refractivity contribution in [1.82, 2.24) is 4.98 Å². The minimum Gasteiger partial charge on any atom is -0.371 e. The lowest BCUT2D eigenvalue weighted by Gasteiger charge is -2.05. The third kappa shape index (κ3) is 3.80. The second-order valence-electron chi connectivity index (χ2n) is 5.90. The van der Waals surface area contributed by atoms with E-state index in [0.717, 1.165) is 20.9 Å². The lowest BCUT2D eigenvalue weighted by molar-refractivity contribution is -0.120. The van der Waals surface area contributed by atoms with Gasteiger partial charge in [0.05, 0.1) is 21.8 Å². The molecule has 4 nitrogen and oxygen atoms in total. The van der Waals surface area contributed by atoms with Crippen LogP contribution in [0.4, 0.5) is 5.69 Å². The fraction of sp³-hybridized carbons (Fsp3) is 0.500. The molecule has 1 aliphatic rings. The second-order valence-corrected chi connectivity index (χ2v) is 6.96. The van der Waals surface area contributed by atoms with E-state index in [4.69, 9.17) is 4.74 Å². The second kappa shape index (κ2) is 6.12. The molecular weight excluding hydrogens is 284 g/mol. The molecule has 5 heteroatoms. The molecule has 3 rings (SSSR count). The van der Waals surface area contributed by atoms with Gasteiger partial charge in [-0.25, -0.2) is 4.98 Å². The van der Waals surface area contributed by atoms with Crippen molar-refractivity contribution in [2.45, 2.75) is 32.6 Å². The molecule has 1 amide bonds. The van der Waals surface area contributed by atoms with Crippen molar-refractivity contribution in [2.24, 2.45) is 5.92 Å².